The zero-order valence-corrected chi connectivity index (χ0v) is 15.5. The highest BCUT2D eigenvalue weighted by Gasteiger charge is 2.12. The van der Waals surface area contributed by atoms with Gasteiger partial charge in [0.15, 0.2) is 0 Å². The van der Waals surface area contributed by atoms with Crippen LogP contribution in [0.5, 0.6) is 11.5 Å². The Morgan fingerprint density at radius 2 is 1.92 bits per heavy atom. The largest absolute Gasteiger partial charge is 0.456 e. The quantitative estimate of drug-likeness (QED) is 0.442. The molecule has 0 unspecified atom stereocenters. The lowest BCUT2D eigenvalue weighted by atomic mass is 10.2. The molecule has 0 fully saturated rings. The van der Waals surface area contributed by atoms with Gasteiger partial charge in [0, 0.05) is 11.8 Å². The van der Waals surface area contributed by atoms with Crippen LogP contribution < -0.4 is 10.1 Å². The Bertz CT molecular complexity index is 931. The van der Waals surface area contributed by atoms with Gasteiger partial charge in [0.2, 0.25) is 5.95 Å². The van der Waals surface area contributed by atoms with Crippen molar-refractivity contribution >= 4 is 34.2 Å². The number of pyridine rings is 1. The normalized spacial score (nSPS) is 10.4. The summed E-state index contributed by atoms with van der Waals surface area (Å²) in [5.74, 6) is 0.388. The molecule has 1 heterocycles. The average molecular weight is 448 g/mol. The summed E-state index contributed by atoms with van der Waals surface area (Å²) >= 11 is 2.20. The molecule has 3 rings (SSSR count). The number of para-hydroxylation sites is 1. The van der Waals surface area contributed by atoms with Crippen LogP contribution >= 0.6 is 22.6 Å². The molecule has 1 amide bonds. The first-order valence-corrected chi connectivity index (χ1v) is 8.58. The van der Waals surface area contributed by atoms with E-state index >= 15 is 0 Å². The van der Waals surface area contributed by atoms with Crippen LogP contribution in [0.15, 0.2) is 60.7 Å². The molecule has 25 heavy (non-hydrogen) atoms. The first-order chi connectivity index (χ1) is 12.0. The molecule has 1 N–H and O–H groups in total. The number of hydrogen-bond donors (Lipinski definition) is 1. The monoisotopic (exact) mass is 448 g/mol. The number of aryl methyl sites for hydroxylation is 1. The molecule has 0 spiro atoms. The third-order valence-corrected chi connectivity index (χ3v) is 4.34. The summed E-state index contributed by atoms with van der Waals surface area (Å²) in [6, 6.07) is 17.3. The second kappa shape index (κ2) is 7.60. The Labute approximate surface area is 158 Å². The van der Waals surface area contributed by atoms with E-state index in [1.165, 1.54) is 12.1 Å². The van der Waals surface area contributed by atoms with Crippen molar-refractivity contribution in [2.24, 2.45) is 0 Å². The van der Waals surface area contributed by atoms with Gasteiger partial charge in [-0.2, -0.15) is 4.39 Å². The summed E-state index contributed by atoms with van der Waals surface area (Å²) in [7, 11) is 0. The van der Waals surface area contributed by atoms with Crippen molar-refractivity contribution in [1.82, 2.24) is 4.98 Å². The van der Waals surface area contributed by atoms with Crippen molar-refractivity contribution < 1.29 is 13.9 Å². The van der Waals surface area contributed by atoms with Crippen molar-refractivity contribution in [3.05, 3.63) is 81.4 Å². The van der Waals surface area contributed by atoms with Crippen molar-refractivity contribution in [3.8, 4) is 11.5 Å². The van der Waals surface area contributed by atoms with Gasteiger partial charge in [-0.25, -0.2) is 4.98 Å². The Morgan fingerprint density at radius 3 is 2.68 bits per heavy atom. The summed E-state index contributed by atoms with van der Waals surface area (Å²) in [5, 5.41) is 2.78. The summed E-state index contributed by atoms with van der Waals surface area (Å²) in [4.78, 5) is 16.0. The number of nitrogens with one attached hydrogen (secondary N) is 1. The molecular weight excluding hydrogens is 434 g/mol. The van der Waals surface area contributed by atoms with Gasteiger partial charge >= 0.3 is 0 Å². The number of aromatic nitrogens is 1. The van der Waals surface area contributed by atoms with Crippen LogP contribution in [-0.2, 0) is 0 Å². The van der Waals surface area contributed by atoms with Crippen molar-refractivity contribution in [1.29, 1.82) is 0 Å². The van der Waals surface area contributed by atoms with E-state index in [0.29, 0.717) is 22.7 Å². The van der Waals surface area contributed by atoms with Gasteiger partial charge in [0.1, 0.15) is 11.5 Å². The smallest absolute Gasteiger partial charge is 0.257 e. The summed E-state index contributed by atoms with van der Waals surface area (Å²) in [6.45, 7) is 1.59. The van der Waals surface area contributed by atoms with E-state index in [-0.39, 0.29) is 5.91 Å². The maximum atomic E-state index is 13.1. The molecule has 0 aliphatic carbocycles. The van der Waals surface area contributed by atoms with Crippen LogP contribution in [0, 0.1) is 16.4 Å². The van der Waals surface area contributed by atoms with Gasteiger partial charge in [0.05, 0.1) is 14.8 Å². The van der Waals surface area contributed by atoms with Gasteiger partial charge < -0.3 is 10.1 Å². The van der Waals surface area contributed by atoms with E-state index in [1.54, 1.807) is 25.1 Å². The number of hydrogen-bond acceptors (Lipinski definition) is 3. The second-order valence-corrected chi connectivity index (χ2v) is 6.44. The zero-order valence-electron chi connectivity index (χ0n) is 13.3. The number of benzene rings is 2. The minimum Gasteiger partial charge on any atom is -0.456 e. The first kappa shape index (κ1) is 17.3. The molecule has 0 bridgehead atoms. The second-order valence-electron chi connectivity index (χ2n) is 5.28. The molecular formula is C19H14FIN2O2. The highest BCUT2D eigenvalue weighted by molar-refractivity contribution is 14.1. The van der Waals surface area contributed by atoms with E-state index in [9.17, 15) is 9.18 Å². The average Bonchev–Trinajstić information content (AvgIpc) is 2.57. The molecule has 6 heteroatoms. The highest BCUT2D eigenvalue weighted by atomic mass is 127. The lowest BCUT2D eigenvalue weighted by molar-refractivity contribution is 0.102. The fourth-order valence-electron chi connectivity index (χ4n) is 2.26. The third kappa shape index (κ3) is 4.33. The number of rotatable bonds is 4. The lowest BCUT2D eigenvalue weighted by Crippen LogP contribution is -2.14. The molecule has 0 radical (unpaired) electrons. The Morgan fingerprint density at radius 1 is 1.12 bits per heavy atom. The summed E-state index contributed by atoms with van der Waals surface area (Å²) in [6.07, 6.45) is 0. The first-order valence-electron chi connectivity index (χ1n) is 7.50. The third-order valence-electron chi connectivity index (χ3n) is 3.45. The molecule has 0 saturated carbocycles. The summed E-state index contributed by atoms with van der Waals surface area (Å²) < 4.78 is 19.9. The van der Waals surface area contributed by atoms with Gasteiger partial charge in [-0.3, -0.25) is 4.79 Å². The van der Waals surface area contributed by atoms with Crippen molar-refractivity contribution in [2.45, 2.75) is 6.92 Å². The van der Waals surface area contributed by atoms with Crippen LogP contribution in [0.3, 0.4) is 0 Å². The molecule has 3 aromatic rings. The van der Waals surface area contributed by atoms with Gasteiger partial charge in [-0.1, -0.05) is 18.2 Å². The zero-order chi connectivity index (χ0) is 17.8. The number of nitrogens with zero attached hydrogens (tertiary/aromatic N) is 1. The van der Waals surface area contributed by atoms with Gasteiger partial charge in [-0.05, 0) is 65.9 Å². The minimum absolute atomic E-state index is 0.324. The lowest BCUT2D eigenvalue weighted by Gasteiger charge is -2.10. The van der Waals surface area contributed by atoms with Crippen LogP contribution in [0.4, 0.5) is 10.1 Å². The highest BCUT2D eigenvalue weighted by Crippen LogP contribution is 2.28. The van der Waals surface area contributed by atoms with Crippen LogP contribution in [0.1, 0.15) is 16.1 Å². The number of amides is 1. The molecule has 0 aliphatic heterocycles. The maximum Gasteiger partial charge on any atom is 0.257 e. The topological polar surface area (TPSA) is 51.2 Å². The maximum absolute atomic E-state index is 13.1. The van der Waals surface area contributed by atoms with E-state index in [1.807, 2.05) is 30.3 Å². The standard InChI is InChI=1S/C19H14FIN2O2/c1-12-15(9-10-18(20)22-12)19(24)23-13-5-4-6-14(11-13)25-17-8-3-2-7-16(17)21/h2-11H,1H3,(H,23,24). The van der Waals surface area contributed by atoms with Gasteiger partial charge in [0.25, 0.3) is 5.91 Å². The molecule has 1 aromatic heterocycles. The van der Waals surface area contributed by atoms with Crippen LogP contribution in [0.25, 0.3) is 0 Å². The van der Waals surface area contributed by atoms with E-state index in [2.05, 4.69) is 32.9 Å². The summed E-state index contributed by atoms with van der Waals surface area (Å²) in [5.41, 5.74) is 1.24. The van der Waals surface area contributed by atoms with Crippen molar-refractivity contribution in [3.63, 3.8) is 0 Å². The minimum atomic E-state index is -0.609. The molecule has 0 saturated heterocycles. The molecule has 4 nitrogen and oxygen atoms in total. The SMILES string of the molecule is Cc1nc(F)ccc1C(=O)Nc1cccc(Oc2ccccc2I)c1. The Balaban J connectivity index is 1.77. The van der Waals surface area contributed by atoms with Gasteiger partial charge in [-0.15, -0.1) is 0 Å². The molecule has 0 aliphatic rings. The van der Waals surface area contributed by atoms with Crippen molar-refractivity contribution in [2.75, 3.05) is 5.32 Å². The number of halogens is 2. The Hall–Kier alpha value is -2.48. The van der Waals surface area contributed by atoms with Crippen LogP contribution in [-0.4, -0.2) is 10.9 Å². The fraction of sp³-hybridized carbons (Fsp3) is 0.0526. The Kier molecular flexibility index (Phi) is 5.28. The predicted molar refractivity (Wildman–Crippen MR) is 103 cm³/mol. The number of carbonyl (C=O) groups is 1. The van der Waals surface area contributed by atoms with E-state index < -0.39 is 5.95 Å². The molecule has 0 atom stereocenters. The number of ether oxygens (including phenoxy) is 1. The predicted octanol–water partition coefficient (Wildman–Crippen LogP) is 5.18. The van der Waals surface area contributed by atoms with Crippen LogP contribution in [0.2, 0.25) is 0 Å². The number of carbonyl (C=O) groups excluding carboxylic acids is 1. The molecule has 2 aromatic carbocycles. The van der Waals surface area contributed by atoms with E-state index in [0.717, 1.165) is 9.32 Å². The fourth-order valence-corrected chi connectivity index (χ4v) is 2.76. The molecule has 126 valence electrons. The number of anilines is 1. The van der Waals surface area contributed by atoms with E-state index in [4.69, 9.17) is 4.74 Å².